The highest BCUT2D eigenvalue weighted by molar-refractivity contribution is 6.05. The third kappa shape index (κ3) is 3.62. The number of hydrogen-bond donors (Lipinski definition) is 1. The number of anilines is 1. The Morgan fingerprint density at radius 1 is 1.13 bits per heavy atom. The van der Waals surface area contributed by atoms with Gasteiger partial charge < -0.3 is 14.5 Å². The molecule has 0 saturated heterocycles. The van der Waals surface area contributed by atoms with Crippen molar-refractivity contribution in [1.29, 1.82) is 5.26 Å². The predicted octanol–water partition coefficient (Wildman–Crippen LogP) is 2.83. The highest BCUT2D eigenvalue weighted by Gasteiger charge is 2.20. The number of ether oxygens (including phenoxy) is 1. The summed E-state index contributed by atoms with van der Waals surface area (Å²) in [5.74, 6) is -1.54. The molecule has 0 atom stereocenters. The monoisotopic (exact) mass is 416 g/mol. The molecule has 0 unspecified atom stereocenters. The first-order valence-corrected chi connectivity index (χ1v) is 9.42. The van der Waals surface area contributed by atoms with E-state index in [0.717, 1.165) is 4.68 Å². The van der Waals surface area contributed by atoms with E-state index in [1.165, 1.54) is 0 Å². The maximum Gasteiger partial charge on any atom is 0.359 e. The zero-order chi connectivity index (χ0) is 22.0. The summed E-state index contributed by atoms with van der Waals surface area (Å²) in [7, 11) is 0. The number of carbonyl (C=O) groups is 2. The fourth-order valence-corrected chi connectivity index (χ4v) is 3.22. The van der Waals surface area contributed by atoms with E-state index in [-0.39, 0.29) is 29.2 Å². The van der Waals surface area contributed by atoms with Crippen LogP contribution in [0.4, 0.5) is 5.69 Å². The van der Waals surface area contributed by atoms with Gasteiger partial charge in [-0.1, -0.05) is 30.3 Å². The van der Waals surface area contributed by atoms with Gasteiger partial charge in [-0.15, -0.1) is 0 Å². The van der Waals surface area contributed by atoms with Gasteiger partial charge in [-0.2, -0.15) is 10.4 Å². The van der Waals surface area contributed by atoms with Crippen LogP contribution >= 0.6 is 0 Å². The molecule has 4 aromatic rings. The highest BCUT2D eigenvalue weighted by Crippen LogP contribution is 2.30. The van der Waals surface area contributed by atoms with Crippen molar-refractivity contribution >= 4 is 39.3 Å². The topological polar surface area (TPSA) is 127 Å². The molecule has 0 aliphatic rings. The molecule has 9 nitrogen and oxygen atoms in total. The number of para-hydroxylation sites is 1. The number of benzene rings is 2. The van der Waals surface area contributed by atoms with Crippen LogP contribution in [0.3, 0.4) is 0 Å². The number of nitriles is 1. The zero-order valence-electron chi connectivity index (χ0n) is 16.4. The molecular formula is C22H16N4O5. The smallest absolute Gasteiger partial charge is 0.359 e. The molecule has 154 valence electrons. The largest absolute Gasteiger partial charge is 0.451 e. The minimum atomic E-state index is -0.842. The molecule has 0 saturated carbocycles. The van der Waals surface area contributed by atoms with Gasteiger partial charge in [0.25, 0.3) is 11.5 Å². The van der Waals surface area contributed by atoms with E-state index < -0.39 is 18.5 Å². The summed E-state index contributed by atoms with van der Waals surface area (Å²) >= 11 is 0. The number of rotatable bonds is 5. The summed E-state index contributed by atoms with van der Waals surface area (Å²) in [6.45, 7) is 1.40. The summed E-state index contributed by atoms with van der Waals surface area (Å²) < 4.78 is 11.7. The van der Waals surface area contributed by atoms with Crippen molar-refractivity contribution in [1.82, 2.24) is 9.78 Å². The Labute approximate surface area is 175 Å². The van der Waals surface area contributed by atoms with E-state index in [9.17, 15) is 19.6 Å². The molecule has 31 heavy (non-hydrogen) atoms. The second kappa shape index (κ2) is 8.12. The van der Waals surface area contributed by atoms with Crippen LogP contribution in [0.15, 0.2) is 57.7 Å². The Kier molecular flexibility index (Phi) is 5.20. The summed E-state index contributed by atoms with van der Waals surface area (Å²) in [6, 6.07) is 15.3. The summed E-state index contributed by atoms with van der Waals surface area (Å²) in [4.78, 5) is 37.4. The van der Waals surface area contributed by atoms with Gasteiger partial charge >= 0.3 is 5.97 Å². The first-order valence-electron chi connectivity index (χ1n) is 9.42. The van der Waals surface area contributed by atoms with Crippen molar-refractivity contribution in [2.45, 2.75) is 13.5 Å². The van der Waals surface area contributed by atoms with Gasteiger partial charge in [-0.05, 0) is 25.1 Å². The number of carbonyl (C=O) groups excluding carboxylic acids is 2. The number of nitrogens with one attached hydrogen (secondary N) is 1. The van der Waals surface area contributed by atoms with E-state index >= 15 is 0 Å². The lowest BCUT2D eigenvalue weighted by Crippen LogP contribution is -2.27. The molecule has 0 bridgehead atoms. The van der Waals surface area contributed by atoms with Crippen LogP contribution in [-0.2, 0) is 16.1 Å². The van der Waals surface area contributed by atoms with Crippen molar-refractivity contribution in [3.05, 3.63) is 70.3 Å². The molecule has 0 aliphatic heterocycles. The summed E-state index contributed by atoms with van der Waals surface area (Å²) in [5, 5.41) is 17.1. The predicted molar refractivity (Wildman–Crippen MR) is 112 cm³/mol. The molecule has 0 fully saturated rings. The third-order valence-corrected chi connectivity index (χ3v) is 4.66. The second-order valence-electron chi connectivity index (χ2n) is 6.55. The molecule has 2 heterocycles. The number of nitrogens with zero attached hydrogens (tertiary/aromatic N) is 3. The van der Waals surface area contributed by atoms with Crippen LogP contribution < -0.4 is 10.9 Å². The van der Waals surface area contributed by atoms with E-state index in [4.69, 9.17) is 9.15 Å². The highest BCUT2D eigenvalue weighted by atomic mass is 16.5. The standard InChI is InChI=1S/C22H16N4O5/c1-2-26-21(28)14-8-4-3-7-13(14)20(25-26)22(29)30-12-18(27)24-19-15-9-5-6-10-16(15)31-17(19)11-23/h3-10H,2,12H2,1H3,(H,24,27). The Hall–Kier alpha value is -4.45. The van der Waals surface area contributed by atoms with E-state index in [0.29, 0.717) is 21.7 Å². The lowest BCUT2D eigenvalue weighted by atomic mass is 10.1. The first-order chi connectivity index (χ1) is 15.0. The van der Waals surface area contributed by atoms with Crippen LogP contribution in [0.2, 0.25) is 0 Å². The number of amides is 1. The van der Waals surface area contributed by atoms with Gasteiger partial charge in [0, 0.05) is 17.3 Å². The Morgan fingerprint density at radius 3 is 2.52 bits per heavy atom. The molecule has 0 spiro atoms. The number of hydrogen-bond acceptors (Lipinski definition) is 7. The van der Waals surface area contributed by atoms with Crippen LogP contribution in [0.5, 0.6) is 0 Å². The van der Waals surface area contributed by atoms with E-state index in [2.05, 4.69) is 10.4 Å². The quantitative estimate of drug-likeness (QED) is 0.496. The maximum atomic E-state index is 12.6. The van der Waals surface area contributed by atoms with Crippen molar-refractivity contribution in [3.8, 4) is 6.07 Å². The molecule has 1 N–H and O–H groups in total. The molecule has 1 amide bonds. The number of furan rings is 1. The Bertz CT molecular complexity index is 1430. The Balaban J connectivity index is 1.55. The first kappa shape index (κ1) is 19.8. The van der Waals surface area contributed by atoms with Gasteiger partial charge in [-0.25, -0.2) is 9.48 Å². The number of fused-ring (bicyclic) bond motifs is 2. The summed E-state index contributed by atoms with van der Waals surface area (Å²) in [5.41, 5.74) is 0.283. The van der Waals surface area contributed by atoms with Gasteiger partial charge in [0.05, 0.1) is 5.39 Å². The second-order valence-corrected chi connectivity index (χ2v) is 6.55. The summed E-state index contributed by atoms with van der Waals surface area (Å²) in [6.07, 6.45) is 0. The maximum absolute atomic E-state index is 12.6. The molecule has 2 aromatic heterocycles. The third-order valence-electron chi connectivity index (χ3n) is 4.66. The number of esters is 1. The van der Waals surface area contributed by atoms with Gasteiger partial charge in [0.1, 0.15) is 17.3 Å². The molecule has 2 aromatic carbocycles. The van der Waals surface area contributed by atoms with Crippen molar-refractivity contribution in [2.24, 2.45) is 0 Å². The van der Waals surface area contributed by atoms with Crippen LogP contribution in [-0.4, -0.2) is 28.3 Å². The number of aromatic nitrogens is 2. The SMILES string of the molecule is CCn1nc(C(=O)OCC(=O)Nc2c(C#N)oc3ccccc23)c2ccccc2c1=O. The van der Waals surface area contributed by atoms with Crippen molar-refractivity contribution < 1.29 is 18.7 Å². The minimum absolute atomic E-state index is 0.0523. The molecule has 0 aliphatic carbocycles. The van der Waals surface area contributed by atoms with E-state index in [1.807, 2.05) is 6.07 Å². The Morgan fingerprint density at radius 2 is 1.81 bits per heavy atom. The lowest BCUT2D eigenvalue weighted by molar-refractivity contribution is -0.119. The molecule has 4 rings (SSSR count). The zero-order valence-corrected chi connectivity index (χ0v) is 16.4. The van der Waals surface area contributed by atoms with Crippen LogP contribution in [0, 0.1) is 11.3 Å². The molecule has 0 radical (unpaired) electrons. The number of aryl methyl sites for hydroxylation is 1. The molecule has 9 heteroatoms. The average Bonchev–Trinajstić information content (AvgIpc) is 3.15. The normalized spacial score (nSPS) is 10.7. The van der Waals surface area contributed by atoms with Gasteiger partial charge in [0.15, 0.2) is 12.3 Å². The lowest BCUT2D eigenvalue weighted by Gasteiger charge is -2.09. The van der Waals surface area contributed by atoms with Crippen molar-refractivity contribution in [2.75, 3.05) is 11.9 Å². The van der Waals surface area contributed by atoms with Gasteiger partial charge in [0.2, 0.25) is 5.76 Å². The minimum Gasteiger partial charge on any atom is -0.451 e. The fourth-order valence-electron chi connectivity index (χ4n) is 3.22. The fraction of sp³-hybridized carbons (Fsp3) is 0.136. The molecular weight excluding hydrogens is 400 g/mol. The van der Waals surface area contributed by atoms with Crippen molar-refractivity contribution in [3.63, 3.8) is 0 Å². The van der Waals surface area contributed by atoms with Crippen LogP contribution in [0.25, 0.3) is 21.7 Å². The van der Waals surface area contributed by atoms with Gasteiger partial charge in [-0.3, -0.25) is 9.59 Å². The van der Waals surface area contributed by atoms with Crippen LogP contribution in [0.1, 0.15) is 23.2 Å². The van der Waals surface area contributed by atoms with E-state index in [1.54, 1.807) is 55.5 Å². The average molecular weight is 416 g/mol.